The zero-order chi connectivity index (χ0) is 23.3. The van der Waals surface area contributed by atoms with Crippen LogP contribution in [0.2, 0.25) is 6.04 Å². The van der Waals surface area contributed by atoms with Gasteiger partial charge in [-0.1, -0.05) is 96.8 Å². The van der Waals surface area contributed by atoms with Crippen LogP contribution >= 0.6 is 0 Å². The van der Waals surface area contributed by atoms with Gasteiger partial charge in [0.15, 0.2) is 0 Å². The molecule has 0 aliphatic rings. The van der Waals surface area contributed by atoms with E-state index in [0.29, 0.717) is 6.04 Å². The summed E-state index contributed by atoms with van der Waals surface area (Å²) < 4.78 is 17.0. The topological polar surface area (TPSA) is 27.7 Å². The lowest BCUT2D eigenvalue weighted by atomic mass is 10.0. The molecule has 0 saturated carbocycles. The molecule has 0 aromatic heterocycles. The van der Waals surface area contributed by atoms with Crippen molar-refractivity contribution in [1.82, 2.24) is 0 Å². The Labute approximate surface area is 196 Å². The molecule has 5 heteroatoms. The highest BCUT2D eigenvalue weighted by molar-refractivity contribution is 6.61. The molecule has 0 N–H and O–H groups in total. The zero-order valence-electron chi connectivity index (χ0n) is 21.9. The Hall–Kier alpha value is -0.383. The van der Waals surface area contributed by atoms with Crippen LogP contribution in [-0.2, 0) is 13.3 Å². The first-order valence-corrected chi connectivity index (χ1v) is 14.9. The van der Waals surface area contributed by atoms with Crippen molar-refractivity contribution in [2.24, 2.45) is 0 Å². The second-order valence-electron chi connectivity index (χ2n) is 9.47. The Kier molecular flexibility index (Phi) is 20.0. The maximum Gasteiger partial charge on any atom is 0.512 e. The Bertz CT molecular complexity index is 447. The van der Waals surface area contributed by atoms with Gasteiger partial charge in [-0.15, -0.1) is 0 Å². The minimum Gasteiger partial charge on any atom is -0.376 e. The molecule has 0 fully saturated rings. The molecule has 0 aromatic carbocycles. The highest BCUT2D eigenvalue weighted by Gasteiger charge is 2.37. The van der Waals surface area contributed by atoms with Crippen LogP contribution in [0.15, 0.2) is 0 Å². The highest BCUT2D eigenvalue weighted by atomic mass is 28.4. The summed E-state index contributed by atoms with van der Waals surface area (Å²) in [6.45, 7) is 3.38. The summed E-state index contributed by atoms with van der Waals surface area (Å²) in [6.07, 6.45) is 22.5. The summed E-state index contributed by atoms with van der Waals surface area (Å²) >= 11 is 0. The molecule has 0 aliphatic heterocycles. The third-order valence-corrected chi connectivity index (χ3v) is 8.67. The average molecular weight is 457 g/mol. The van der Waals surface area contributed by atoms with Gasteiger partial charge in [-0.05, 0) is 18.8 Å². The van der Waals surface area contributed by atoms with E-state index in [1.165, 1.54) is 103 Å². The lowest BCUT2D eigenvalue weighted by Gasteiger charge is -2.23. The van der Waals surface area contributed by atoms with E-state index in [9.17, 15) is 0 Å². The molecule has 0 bridgehead atoms. The molecule has 0 unspecified atom stereocenters. The SMILES string of the molecule is CCCCCCCCCCCCCCCCCC[N+](C)(C)C#CC[Si](OC)(OC)OC. The summed E-state index contributed by atoms with van der Waals surface area (Å²) in [5.74, 6) is 3.23. The molecular formula is C26H54NO3Si+. The lowest BCUT2D eigenvalue weighted by molar-refractivity contribution is -0.822. The summed E-state index contributed by atoms with van der Waals surface area (Å²) in [4.78, 5) is 0. The summed E-state index contributed by atoms with van der Waals surface area (Å²) in [5.41, 5.74) is 0. The van der Waals surface area contributed by atoms with Gasteiger partial charge in [0.25, 0.3) is 0 Å². The van der Waals surface area contributed by atoms with Gasteiger partial charge in [-0.2, -0.15) is 0 Å². The van der Waals surface area contributed by atoms with E-state index < -0.39 is 8.80 Å². The molecule has 0 amide bonds. The smallest absolute Gasteiger partial charge is 0.376 e. The van der Waals surface area contributed by atoms with Gasteiger partial charge in [0.1, 0.15) is 6.04 Å². The van der Waals surface area contributed by atoms with Gasteiger partial charge < -0.3 is 13.3 Å². The van der Waals surface area contributed by atoms with Crippen molar-refractivity contribution in [1.29, 1.82) is 0 Å². The fraction of sp³-hybridized carbons (Fsp3) is 0.923. The molecule has 31 heavy (non-hydrogen) atoms. The first-order valence-electron chi connectivity index (χ1n) is 12.9. The predicted molar refractivity (Wildman–Crippen MR) is 136 cm³/mol. The van der Waals surface area contributed by atoms with E-state index >= 15 is 0 Å². The fourth-order valence-electron chi connectivity index (χ4n) is 3.94. The van der Waals surface area contributed by atoms with Gasteiger partial charge in [-0.3, -0.25) is 4.48 Å². The van der Waals surface area contributed by atoms with Gasteiger partial charge >= 0.3 is 8.80 Å². The zero-order valence-corrected chi connectivity index (χ0v) is 22.9. The van der Waals surface area contributed by atoms with Gasteiger partial charge in [0.2, 0.25) is 0 Å². The second kappa shape index (κ2) is 20.2. The van der Waals surface area contributed by atoms with Crippen LogP contribution in [0.4, 0.5) is 0 Å². The van der Waals surface area contributed by atoms with Gasteiger partial charge in [-0.25, -0.2) is 0 Å². The van der Waals surface area contributed by atoms with Crippen LogP contribution in [0.25, 0.3) is 0 Å². The summed E-state index contributed by atoms with van der Waals surface area (Å²) in [5, 5.41) is 0. The van der Waals surface area contributed by atoms with E-state index in [-0.39, 0.29) is 0 Å². The molecule has 0 heterocycles. The third kappa shape index (κ3) is 17.8. The van der Waals surface area contributed by atoms with Crippen LogP contribution in [0.3, 0.4) is 0 Å². The number of hydrogen-bond donors (Lipinski definition) is 0. The number of quaternary nitrogens is 1. The quantitative estimate of drug-likeness (QED) is 0.0793. The molecule has 4 nitrogen and oxygen atoms in total. The largest absolute Gasteiger partial charge is 0.512 e. The van der Waals surface area contributed by atoms with Gasteiger partial charge in [0, 0.05) is 21.3 Å². The molecule has 0 radical (unpaired) electrons. The Morgan fingerprint density at radius 1 is 0.581 bits per heavy atom. The molecular weight excluding hydrogens is 402 g/mol. The van der Waals surface area contributed by atoms with Crippen molar-refractivity contribution in [3.8, 4) is 12.0 Å². The molecule has 0 spiro atoms. The van der Waals surface area contributed by atoms with Crippen molar-refractivity contribution in [2.45, 2.75) is 116 Å². The van der Waals surface area contributed by atoms with E-state index in [0.717, 1.165) is 11.0 Å². The Morgan fingerprint density at radius 3 is 1.29 bits per heavy atom. The average Bonchev–Trinajstić information content (AvgIpc) is 2.76. The van der Waals surface area contributed by atoms with Crippen molar-refractivity contribution >= 4 is 8.80 Å². The molecule has 0 aromatic rings. The molecule has 184 valence electrons. The number of hydrogen-bond acceptors (Lipinski definition) is 3. The number of rotatable bonds is 21. The monoisotopic (exact) mass is 456 g/mol. The van der Waals surface area contributed by atoms with Crippen molar-refractivity contribution < 1.29 is 17.8 Å². The summed E-state index contributed by atoms with van der Waals surface area (Å²) in [7, 11) is 6.68. The van der Waals surface area contributed by atoms with Crippen LogP contribution in [-0.4, -0.2) is 55.3 Å². The minimum absolute atomic E-state index is 0.539. The molecule has 0 rings (SSSR count). The highest BCUT2D eigenvalue weighted by Crippen LogP contribution is 2.14. The van der Waals surface area contributed by atoms with Crippen molar-refractivity contribution in [3.63, 3.8) is 0 Å². The maximum absolute atomic E-state index is 5.43. The van der Waals surface area contributed by atoms with Crippen LogP contribution in [0, 0.1) is 12.0 Å². The van der Waals surface area contributed by atoms with E-state index in [1.807, 2.05) is 0 Å². The van der Waals surface area contributed by atoms with Crippen molar-refractivity contribution in [3.05, 3.63) is 0 Å². The van der Waals surface area contributed by atoms with E-state index in [2.05, 4.69) is 33.0 Å². The van der Waals surface area contributed by atoms with E-state index in [4.69, 9.17) is 13.3 Å². The molecule has 0 atom stereocenters. The standard InChI is InChI=1S/C26H54NO3Si/c1-7-8-9-10-11-12-13-14-15-16-17-18-19-20-21-22-24-27(2,3)25-23-26-31(28-4,29-5)30-6/h7-22,24,26H2,1-6H3/q+1. The van der Waals surface area contributed by atoms with Crippen molar-refractivity contribution in [2.75, 3.05) is 42.0 Å². The van der Waals surface area contributed by atoms with E-state index in [1.54, 1.807) is 21.3 Å². The van der Waals surface area contributed by atoms with Crippen LogP contribution in [0.5, 0.6) is 0 Å². The Balaban J connectivity index is 3.59. The fourth-order valence-corrected chi connectivity index (χ4v) is 5.17. The predicted octanol–water partition coefficient (Wildman–Crippen LogP) is 7.16. The lowest BCUT2D eigenvalue weighted by Crippen LogP contribution is -2.42. The molecule has 0 saturated heterocycles. The minimum atomic E-state index is -2.58. The molecule has 0 aliphatic carbocycles. The van der Waals surface area contributed by atoms with Gasteiger partial charge in [0.05, 0.1) is 26.7 Å². The third-order valence-electron chi connectivity index (χ3n) is 6.19. The summed E-state index contributed by atoms with van der Waals surface area (Å²) in [6, 6.07) is 3.89. The maximum atomic E-state index is 5.43. The number of unbranched alkanes of at least 4 members (excludes halogenated alkanes) is 15. The Morgan fingerprint density at radius 2 is 0.935 bits per heavy atom. The normalized spacial score (nSPS) is 12.1. The second-order valence-corrected chi connectivity index (χ2v) is 12.4. The number of nitrogens with zero attached hydrogens (tertiary/aromatic N) is 1. The van der Waals surface area contributed by atoms with Crippen LogP contribution < -0.4 is 0 Å². The first-order chi connectivity index (χ1) is 14.9. The van der Waals surface area contributed by atoms with Crippen LogP contribution in [0.1, 0.15) is 110 Å². The first kappa shape index (κ1) is 30.6.